The molecule has 0 atom stereocenters. The van der Waals surface area contributed by atoms with Crippen LogP contribution in [-0.4, -0.2) is 30.1 Å². The Hall–Kier alpha value is -2.30. The zero-order chi connectivity index (χ0) is 14.5. The lowest BCUT2D eigenvalue weighted by molar-refractivity contribution is 0.578. The fourth-order valence-electron chi connectivity index (χ4n) is 2.60. The molecule has 0 saturated carbocycles. The molecule has 0 bridgehead atoms. The van der Waals surface area contributed by atoms with Crippen molar-refractivity contribution >= 4 is 23.0 Å². The first kappa shape index (κ1) is 13.7. The van der Waals surface area contributed by atoms with Crippen LogP contribution in [0.2, 0.25) is 0 Å². The summed E-state index contributed by atoms with van der Waals surface area (Å²) in [6.07, 6.45) is 7.37. The highest BCUT2D eigenvalue weighted by atomic mass is 15.1. The van der Waals surface area contributed by atoms with Crippen molar-refractivity contribution in [2.75, 3.05) is 35.7 Å². The lowest BCUT2D eigenvalue weighted by Crippen LogP contribution is -2.29. The van der Waals surface area contributed by atoms with Gasteiger partial charge in [-0.2, -0.15) is 0 Å². The molecule has 2 aromatic rings. The van der Waals surface area contributed by atoms with E-state index < -0.39 is 0 Å². The van der Waals surface area contributed by atoms with E-state index in [-0.39, 0.29) is 0 Å². The third kappa shape index (κ3) is 3.42. The number of piperidine rings is 1. The van der Waals surface area contributed by atoms with Gasteiger partial charge in [0.05, 0.1) is 12.4 Å². The van der Waals surface area contributed by atoms with Crippen molar-refractivity contribution < 1.29 is 0 Å². The van der Waals surface area contributed by atoms with Crippen molar-refractivity contribution in [3.8, 4) is 0 Å². The second kappa shape index (κ2) is 6.43. The van der Waals surface area contributed by atoms with Crippen molar-refractivity contribution in [2.45, 2.75) is 19.3 Å². The zero-order valence-corrected chi connectivity index (χ0v) is 12.3. The summed E-state index contributed by atoms with van der Waals surface area (Å²) in [4.78, 5) is 11.0. The van der Waals surface area contributed by atoms with Crippen LogP contribution in [0.25, 0.3) is 0 Å². The Morgan fingerprint density at radius 3 is 2.38 bits per heavy atom. The minimum absolute atomic E-state index is 0.743. The van der Waals surface area contributed by atoms with E-state index in [0.717, 1.165) is 17.3 Å². The highest BCUT2D eigenvalue weighted by molar-refractivity contribution is 5.61. The number of nitrogens with one attached hydrogen (secondary N) is 2. The minimum Gasteiger partial charge on any atom is -0.372 e. The number of anilines is 4. The molecule has 1 saturated heterocycles. The Balaban J connectivity index is 1.68. The second-order valence-corrected chi connectivity index (χ2v) is 5.26. The minimum atomic E-state index is 0.743. The molecular weight excluding hydrogens is 262 g/mol. The molecule has 1 fully saturated rings. The number of hydrogen-bond donors (Lipinski definition) is 2. The van der Waals surface area contributed by atoms with Crippen molar-refractivity contribution in [3.63, 3.8) is 0 Å². The molecule has 1 aromatic heterocycles. The van der Waals surface area contributed by atoms with Gasteiger partial charge in [0, 0.05) is 31.5 Å². The summed E-state index contributed by atoms with van der Waals surface area (Å²) in [6.45, 7) is 2.34. The van der Waals surface area contributed by atoms with Crippen LogP contribution in [-0.2, 0) is 0 Å². The van der Waals surface area contributed by atoms with Crippen LogP contribution < -0.4 is 15.5 Å². The number of aromatic nitrogens is 2. The quantitative estimate of drug-likeness (QED) is 0.902. The Labute approximate surface area is 125 Å². The average Bonchev–Trinajstić information content (AvgIpc) is 2.56. The van der Waals surface area contributed by atoms with Gasteiger partial charge < -0.3 is 15.5 Å². The molecule has 0 unspecified atom stereocenters. The summed E-state index contributed by atoms with van der Waals surface area (Å²) >= 11 is 0. The van der Waals surface area contributed by atoms with Gasteiger partial charge in [0.25, 0.3) is 0 Å². The van der Waals surface area contributed by atoms with Crippen LogP contribution in [0, 0.1) is 0 Å². The van der Waals surface area contributed by atoms with E-state index in [2.05, 4.69) is 49.8 Å². The fourth-order valence-corrected chi connectivity index (χ4v) is 2.60. The SMILES string of the molecule is CNc1cncc(Nc2ccc(N3CCCCC3)cc2)n1. The highest BCUT2D eigenvalue weighted by Crippen LogP contribution is 2.23. The number of nitrogens with zero attached hydrogens (tertiary/aromatic N) is 3. The van der Waals surface area contributed by atoms with Crippen LogP contribution >= 0.6 is 0 Å². The first-order valence-electron chi connectivity index (χ1n) is 7.47. The Kier molecular flexibility index (Phi) is 4.19. The van der Waals surface area contributed by atoms with Crippen LogP contribution in [0.15, 0.2) is 36.7 Å². The van der Waals surface area contributed by atoms with E-state index in [9.17, 15) is 0 Å². The Bertz CT molecular complexity index is 575. The van der Waals surface area contributed by atoms with Gasteiger partial charge in [-0.05, 0) is 43.5 Å². The third-order valence-corrected chi connectivity index (χ3v) is 3.75. The monoisotopic (exact) mass is 283 g/mol. The predicted octanol–water partition coefficient (Wildman–Crippen LogP) is 3.25. The Morgan fingerprint density at radius 1 is 0.952 bits per heavy atom. The maximum absolute atomic E-state index is 4.40. The number of rotatable bonds is 4. The van der Waals surface area contributed by atoms with Crippen molar-refractivity contribution in [3.05, 3.63) is 36.7 Å². The lowest BCUT2D eigenvalue weighted by atomic mass is 10.1. The van der Waals surface area contributed by atoms with Gasteiger partial charge in [-0.25, -0.2) is 4.98 Å². The summed E-state index contributed by atoms with van der Waals surface area (Å²) in [5.41, 5.74) is 2.33. The van der Waals surface area contributed by atoms with E-state index in [1.807, 2.05) is 7.05 Å². The Morgan fingerprint density at radius 2 is 1.67 bits per heavy atom. The highest BCUT2D eigenvalue weighted by Gasteiger charge is 2.10. The van der Waals surface area contributed by atoms with Gasteiger partial charge >= 0.3 is 0 Å². The molecule has 1 aromatic carbocycles. The molecule has 0 spiro atoms. The average molecular weight is 283 g/mol. The van der Waals surface area contributed by atoms with Crippen LogP contribution in [0.4, 0.5) is 23.0 Å². The van der Waals surface area contributed by atoms with Crippen molar-refractivity contribution in [1.29, 1.82) is 0 Å². The molecule has 5 heteroatoms. The molecule has 0 radical (unpaired) electrons. The van der Waals surface area contributed by atoms with Gasteiger partial charge in [0.15, 0.2) is 5.82 Å². The maximum Gasteiger partial charge on any atom is 0.151 e. The molecule has 1 aliphatic heterocycles. The first-order chi connectivity index (χ1) is 10.3. The molecule has 3 rings (SSSR count). The van der Waals surface area contributed by atoms with Gasteiger partial charge in [-0.15, -0.1) is 0 Å². The topological polar surface area (TPSA) is 53.1 Å². The molecule has 0 aliphatic carbocycles. The molecule has 2 heterocycles. The number of hydrogen-bond acceptors (Lipinski definition) is 5. The van der Waals surface area contributed by atoms with Gasteiger partial charge in [-0.3, -0.25) is 4.98 Å². The summed E-state index contributed by atoms with van der Waals surface area (Å²) in [6, 6.07) is 8.53. The van der Waals surface area contributed by atoms with Gasteiger partial charge in [0.1, 0.15) is 5.82 Å². The third-order valence-electron chi connectivity index (χ3n) is 3.75. The first-order valence-corrected chi connectivity index (χ1v) is 7.47. The van der Waals surface area contributed by atoms with Crippen molar-refractivity contribution in [2.24, 2.45) is 0 Å². The smallest absolute Gasteiger partial charge is 0.151 e. The van der Waals surface area contributed by atoms with Crippen molar-refractivity contribution in [1.82, 2.24) is 9.97 Å². The predicted molar refractivity (Wildman–Crippen MR) is 87.4 cm³/mol. The fraction of sp³-hybridized carbons (Fsp3) is 0.375. The summed E-state index contributed by atoms with van der Waals surface area (Å²) in [5.74, 6) is 1.50. The zero-order valence-electron chi connectivity index (χ0n) is 12.3. The van der Waals surface area contributed by atoms with E-state index in [4.69, 9.17) is 0 Å². The normalized spacial score (nSPS) is 14.8. The molecule has 5 nitrogen and oxygen atoms in total. The second-order valence-electron chi connectivity index (χ2n) is 5.26. The molecule has 2 N–H and O–H groups in total. The molecule has 1 aliphatic rings. The van der Waals surface area contributed by atoms with Crippen LogP contribution in [0.1, 0.15) is 19.3 Å². The summed E-state index contributed by atoms with van der Waals surface area (Å²) in [7, 11) is 1.83. The maximum atomic E-state index is 4.40. The van der Waals surface area contributed by atoms with Crippen LogP contribution in [0.3, 0.4) is 0 Å². The standard InChI is InChI=1S/C16H21N5/c1-17-15-11-18-12-16(20-15)19-13-5-7-14(8-6-13)21-9-3-2-4-10-21/h5-8,11-12H,2-4,9-10H2,1H3,(H2,17,19,20). The summed E-state index contributed by atoms with van der Waals surface area (Å²) in [5, 5.41) is 6.26. The molecule has 0 amide bonds. The largest absolute Gasteiger partial charge is 0.372 e. The van der Waals surface area contributed by atoms with E-state index in [0.29, 0.717) is 0 Å². The van der Waals surface area contributed by atoms with E-state index in [1.165, 1.54) is 38.0 Å². The lowest BCUT2D eigenvalue weighted by Gasteiger charge is -2.28. The van der Waals surface area contributed by atoms with Crippen LogP contribution in [0.5, 0.6) is 0 Å². The molecule has 110 valence electrons. The van der Waals surface area contributed by atoms with Gasteiger partial charge in [-0.1, -0.05) is 0 Å². The molecule has 21 heavy (non-hydrogen) atoms. The number of benzene rings is 1. The summed E-state index contributed by atoms with van der Waals surface area (Å²) < 4.78 is 0. The van der Waals surface area contributed by atoms with E-state index in [1.54, 1.807) is 12.4 Å². The van der Waals surface area contributed by atoms with E-state index >= 15 is 0 Å². The molecular formula is C16H21N5. The van der Waals surface area contributed by atoms with Gasteiger partial charge in [0.2, 0.25) is 0 Å².